The van der Waals surface area contributed by atoms with E-state index in [1.807, 2.05) is 12.1 Å². The molecule has 2 aromatic rings. The van der Waals surface area contributed by atoms with Crippen LogP contribution in [-0.2, 0) is 14.3 Å². The molecule has 3 rings (SSSR count). The minimum atomic E-state index is -0.855. The van der Waals surface area contributed by atoms with Gasteiger partial charge in [-0.05, 0) is 37.5 Å². The van der Waals surface area contributed by atoms with Crippen LogP contribution in [0.2, 0.25) is 0 Å². The molecule has 1 aliphatic rings. The highest BCUT2D eigenvalue weighted by atomic mass is 16.5. The van der Waals surface area contributed by atoms with Crippen LogP contribution in [0.1, 0.15) is 37.7 Å². The molecule has 0 amide bonds. The lowest BCUT2D eigenvalue weighted by Gasteiger charge is -2.36. The number of nitrogens with one attached hydrogen (secondary N) is 1. The van der Waals surface area contributed by atoms with Crippen molar-refractivity contribution >= 4 is 23.0 Å². The Balaban J connectivity index is 1.98. The van der Waals surface area contributed by atoms with E-state index in [0.717, 1.165) is 49.5 Å². The second-order valence-corrected chi connectivity index (χ2v) is 7.74. The van der Waals surface area contributed by atoms with Gasteiger partial charge in [-0.2, -0.15) is 0 Å². The maximum atomic E-state index is 11.4. The summed E-state index contributed by atoms with van der Waals surface area (Å²) in [5, 5.41) is 12.8. The van der Waals surface area contributed by atoms with Gasteiger partial charge in [0.25, 0.3) is 0 Å². The molecule has 0 bridgehead atoms. The third-order valence-electron chi connectivity index (χ3n) is 5.65. The topological polar surface area (TPSA) is 106 Å². The van der Waals surface area contributed by atoms with Gasteiger partial charge in [0.15, 0.2) is 0 Å². The van der Waals surface area contributed by atoms with Crippen LogP contribution in [0.5, 0.6) is 6.01 Å². The van der Waals surface area contributed by atoms with E-state index in [2.05, 4.69) is 33.2 Å². The molecule has 174 valence electrons. The third kappa shape index (κ3) is 6.08. The summed E-state index contributed by atoms with van der Waals surface area (Å²) in [4.78, 5) is 22.1. The quantitative estimate of drug-likeness (QED) is 0.539. The second kappa shape index (κ2) is 11.6. The Labute approximate surface area is 188 Å². The number of aliphatic carboxylic acids is 1. The zero-order valence-electron chi connectivity index (χ0n) is 18.9. The predicted molar refractivity (Wildman–Crippen MR) is 122 cm³/mol. The van der Waals surface area contributed by atoms with Gasteiger partial charge in [-0.25, -0.2) is 9.97 Å². The molecule has 1 aromatic heterocycles. The molecule has 0 aliphatic carbocycles. The highest BCUT2D eigenvalue weighted by Gasteiger charge is 2.24. The number of rotatable bonds is 11. The molecule has 1 atom stereocenters. The number of benzene rings is 1. The van der Waals surface area contributed by atoms with E-state index in [4.69, 9.17) is 14.2 Å². The first kappa shape index (κ1) is 23.7. The number of carboxylic acids is 1. The molecule has 2 N–H and O–H groups in total. The van der Waals surface area contributed by atoms with Crippen molar-refractivity contribution in [3.8, 4) is 6.01 Å². The Morgan fingerprint density at radius 3 is 2.59 bits per heavy atom. The SMILES string of the molecule is CCN(c1ccc([C@H](COC)CC(=O)O)cc1Nc1cnc(OC)nc1)C1CCOCC1. The summed E-state index contributed by atoms with van der Waals surface area (Å²) in [5.74, 6) is -1.11. The second-order valence-electron chi connectivity index (χ2n) is 7.74. The lowest BCUT2D eigenvalue weighted by atomic mass is 9.95. The first-order chi connectivity index (χ1) is 15.5. The van der Waals surface area contributed by atoms with Crippen molar-refractivity contribution in [1.82, 2.24) is 9.97 Å². The first-order valence-electron chi connectivity index (χ1n) is 10.9. The summed E-state index contributed by atoms with van der Waals surface area (Å²) in [7, 11) is 3.11. The van der Waals surface area contributed by atoms with Crippen molar-refractivity contribution in [2.24, 2.45) is 0 Å². The Kier molecular flexibility index (Phi) is 8.64. The summed E-state index contributed by atoms with van der Waals surface area (Å²) in [6, 6.07) is 6.74. The van der Waals surface area contributed by atoms with Gasteiger partial charge in [0.1, 0.15) is 0 Å². The van der Waals surface area contributed by atoms with Crippen LogP contribution in [0, 0.1) is 0 Å². The van der Waals surface area contributed by atoms with Crippen molar-refractivity contribution in [1.29, 1.82) is 0 Å². The normalized spacial score (nSPS) is 15.2. The highest BCUT2D eigenvalue weighted by Crippen LogP contribution is 2.35. The van der Waals surface area contributed by atoms with Crippen LogP contribution in [0.3, 0.4) is 0 Å². The number of hydrogen-bond donors (Lipinski definition) is 2. The van der Waals surface area contributed by atoms with Gasteiger partial charge in [0, 0.05) is 38.8 Å². The molecular weight excluding hydrogens is 412 g/mol. The predicted octanol–water partition coefficient (Wildman–Crippen LogP) is 3.44. The fraction of sp³-hybridized carbons (Fsp3) is 0.522. The molecular formula is C23H32N4O5. The number of ether oxygens (including phenoxy) is 3. The van der Waals surface area contributed by atoms with Gasteiger partial charge in [0.2, 0.25) is 0 Å². The maximum absolute atomic E-state index is 11.4. The van der Waals surface area contributed by atoms with Gasteiger partial charge in [-0.3, -0.25) is 4.79 Å². The van der Waals surface area contributed by atoms with Crippen LogP contribution >= 0.6 is 0 Å². The smallest absolute Gasteiger partial charge is 0.316 e. The Morgan fingerprint density at radius 2 is 2.00 bits per heavy atom. The monoisotopic (exact) mass is 444 g/mol. The highest BCUT2D eigenvalue weighted by molar-refractivity contribution is 5.77. The van der Waals surface area contributed by atoms with Crippen molar-refractivity contribution in [2.75, 3.05) is 50.8 Å². The summed E-state index contributed by atoms with van der Waals surface area (Å²) < 4.78 is 15.9. The van der Waals surface area contributed by atoms with Crippen LogP contribution in [0.15, 0.2) is 30.6 Å². The fourth-order valence-electron chi connectivity index (χ4n) is 4.11. The number of carbonyl (C=O) groups is 1. The van der Waals surface area contributed by atoms with Crippen molar-refractivity contribution < 1.29 is 24.1 Å². The average Bonchev–Trinajstić information content (AvgIpc) is 2.81. The van der Waals surface area contributed by atoms with Crippen LogP contribution in [-0.4, -0.2) is 67.7 Å². The van der Waals surface area contributed by atoms with E-state index >= 15 is 0 Å². The number of methoxy groups -OCH3 is 2. The number of carboxylic acid groups (broad SMARTS) is 1. The third-order valence-corrected chi connectivity index (χ3v) is 5.65. The number of anilines is 3. The van der Waals surface area contributed by atoms with E-state index in [0.29, 0.717) is 24.3 Å². The fourth-order valence-corrected chi connectivity index (χ4v) is 4.11. The minimum Gasteiger partial charge on any atom is -0.481 e. The number of hydrogen-bond acceptors (Lipinski definition) is 8. The zero-order valence-corrected chi connectivity index (χ0v) is 18.9. The van der Waals surface area contributed by atoms with Gasteiger partial charge < -0.3 is 29.5 Å². The van der Waals surface area contributed by atoms with E-state index < -0.39 is 5.97 Å². The van der Waals surface area contributed by atoms with Gasteiger partial charge >= 0.3 is 12.0 Å². The lowest BCUT2D eigenvalue weighted by molar-refractivity contribution is -0.137. The molecule has 1 fully saturated rings. The van der Waals surface area contributed by atoms with E-state index in [-0.39, 0.29) is 12.3 Å². The van der Waals surface area contributed by atoms with Crippen LogP contribution in [0.25, 0.3) is 0 Å². The van der Waals surface area contributed by atoms with Gasteiger partial charge in [0.05, 0.1) is 49.6 Å². The molecule has 0 unspecified atom stereocenters. The number of nitrogens with zero attached hydrogens (tertiary/aromatic N) is 3. The van der Waals surface area contributed by atoms with Gasteiger partial charge in [-0.1, -0.05) is 6.07 Å². The van der Waals surface area contributed by atoms with E-state index in [1.54, 1.807) is 19.5 Å². The molecule has 2 heterocycles. The molecule has 0 spiro atoms. The largest absolute Gasteiger partial charge is 0.481 e. The minimum absolute atomic E-state index is 0.00424. The number of aromatic nitrogens is 2. The molecule has 0 saturated carbocycles. The molecule has 0 radical (unpaired) electrons. The van der Waals surface area contributed by atoms with Crippen molar-refractivity contribution in [2.45, 2.75) is 38.1 Å². The molecule has 1 aliphatic heterocycles. The van der Waals surface area contributed by atoms with E-state index in [9.17, 15) is 9.90 Å². The Hall–Kier alpha value is -2.91. The van der Waals surface area contributed by atoms with Crippen molar-refractivity contribution in [3.63, 3.8) is 0 Å². The first-order valence-corrected chi connectivity index (χ1v) is 10.9. The molecule has 32 heavy (non-hydrogen) atoms. The van der Waals surface area contributed by atoms with Crippen LogP contribution in [0.4, 0.5) is 17.1 Å². The Morgan fingerprint density at radius 1 is 1.28 bits per heavy atom. The van der Waals surface area contributed by atoms with Crippen molar-refractivity contribution in [3.05, 3.63) is 36.2 Å². The summed E-state index contributed by atoms with van der Waals surface area (Å²) >= 11 is 0. The van der Waals surface area contributed by atoms with Gasteiger partial charge in [-0.15, -0.1) is 0 Å². The average molecular weight is 445 g/mol. The summed E-state index contributed by atoms with van der Waals surface area (Å²) in [6.45, 7) is 4.82. The van der Waals surface area contributed by atoms with E-state index in [1.165, 1.54) is 7.11 Å². The molecule has 1 saturated heterocycles. The maximum Gasteiger partial charge on any atom is 0.316 e. The molecule has 1 aromatic carbocycles. The summed E-state index contributed by atoms with van der Waals surface area (Å²) in [5.41, 5.74) is 3.54. The summed E-state index contributed by atoms with van der Waals surface area (Å²) in [6.07, 6.45) is 5.25. The zero-order chi connectivity index (χ0) is 22.9. The van der Waals surface area contributed by atoms with Crippen LogP contribution < -0.4 is 15.0 Å². The Bertz CT molecular complexity index is 871. The molecule has 9 heteroatoms. The standard InChI is InChI=1S/C23H32N4O5/c1-4-27(19-7-9-32-10-8-19)21-6-5-16(17(15-30-2)12-22(28)29)11-20(21)26-18-13-24-23(31-3)25-14-18/h5-6,11,13-14,17,19,26H,4,7-10,12,15H2,1-3H3,(H,28,29)/t17-/m0/s1. The lowest BCUT2D eigenvalue weighted by Crippen LogP contribution is -2.39. The molecule has 9 nitrogen and oxygen atoms in total.